The van der Waals surface area contributed by atoms with E-state index in [1.165, 1.54) is 6.07 Å². The summed E-state index contributed by atoms with van der Waals surface area (Å²) >= 11 is 0. The molecule has 0 fully saturated rings. The molecule has 3 nitrogen and oxygen atoms in total. The van der Waals surface area contributed by atoms with E-state index in [4.69, 9.17) is 15.1 Å². The molecule has 0 unspecified atom stereocenters. The van der Waals surface area contributed by atoms with Gasteiger partial charge in [0.25, 0.3) is 0 Å². The van der Waals surface area contributed by atoms with Crippen LogP contribution in [0.15, 0.2) is 24.3 Å². The first-order valence-corrected chi connectivity index (χ1v) is 3.93. The van der Waals surface area contributed by atoms with Gasteiger partial charge in [0.15, 0.2) is 5.60 Å². The first-order valence-electron chi connectivity index (χ1n) is 3.93. The second kappa shape index (κ2) is 3.36. The third kappa shape index (κ3) is 2.68. The minimum Gasteiger partial charge on any atom is -0.508 e. The van der Waals surface area contributed by atoms with E-state index in [0.29, 0.717) is 5.75 Å². The normalized spacial score (nSPS) is 10.5. The van der Waals surface area contributed by atoms with Crippen LogP contribution in [-0.4, -0.2) is 10.7 Å². The highest BCUT2D eigenvalue weighted by atomic mass is 16.5. The van der Waals surface area contributed by atoms with Crippen LogP contribution in [0.2, 0.25) is 0 Å². The predicted octanol–water partition coefficient (Wildman–Crippen LogP) is 2.07. The van der Waals surface area contributed by atoms with E-state index in [2.05, 4.69) is 0 Å². The molecule has 0 aliphatic heterocycles. The summed E-state index contributed by atoms with van der Waals surface area (Å²) in [6.07, 6.45) is 0. The SMILES string of the molecule is CC(C)(C#N)Oc1cccc(O)c1. The van der Waals surface area contributed by atoms with Crippen LogP contribution in [-0.2, 0) is 0 Å². The number of ether oxygens (including phenoxy) is 1. The molecule has 0 aliphatic carbocycles. The topological polar surface area (TPSA) is 53.2 Å². The Hall–Kier alpha value is -1.69. The van der Waals surface area contributed by atoms with E-state index in [9.17, 15) is 0 Å². The highest BCUT2D eigenvalue weighted by Gasteiger charge is 2.18. The Kier molecular flexibility index (Phi) is 2.43. The zero-order valence-corrected chi connectivity index (χ0v) is 7.61. The standard InChI is InChI=1S/C10H11NO2/c1-10(2,7-11)13-9-5-3-4-8(12)6-9/h3-6,12H,1-2H3. The van der Waals surface area contributed by atoms with Gasteiger partial charge in [0.1, 0.15) is 17.6 Å². The third-order valence-corrected chi connectivity index (χ3v) is 1.46. The second-order valence-electron chi connectivity index (χ2n) is 3.22. The van der Waals surface area contributed by atoms with Crippen LogP contribution in [0.3, 0.4) is 0 Å². The van der Waals surface area contributed by atoms with Crippen molar-refractivity contribution in [3.8, 4) is 17.6 Å². The van der Waals surface area contributed by atoms with Gasteiger partial charge in [0.05, 0.1) is 0 Å². The maximum atomic E-state index is 9.12. The van der Waals surface area contributed by atoms with Crippen molar-refractivity contribution in [2.24, 2.45) is 0 Å². The maximum Gasteiger partial charge on any atom is 0.188 e. The molecule has 13 heavy (non-hydrogen) atoms. The summed E-state index contributed by atoms with van der Waals surface area (Å²) in [6.45, 7) is 3.33. The number of phenolic OH excluding ortho intramolecular Hbond substituents is 1. The molecule has 3 heteroatoms. The average Bonchev–Trinajstić information content (AvgIpc) is 2.03. The second-order valence-corrected chi connectivity index (χ2v) is 3.22. The molecule has 0 saturated carbocycles. The minimum absolute atomic E-state index is 0.131. The van der Waals surface area contributed by atoms with Crippen molar-refractivity contribution in [2.75, 3.05) is 0 Å². The van der Waals surface area contributed by atoms with Crippen molar-refractivity contribution in [3.63, 3.8) is 0 Å². The van der Waals surface area contributed by atoms with Gasteiger partial charge in [0.2, 0.25) is 0 Å². The minimum atomic E-state index is -0.867. The van der Waals surface area contributed by atoms with Gasteiger partial charge < -0.3 is 9.84 Å². The summed E-state index contributed by atoms with van der Waals surface area (Å²) in [6, 6.07) is 8.38. The molecular weight excluding hydrogens is 166 g/mol. The highest BCUT2D eigenvalue weighted by Crippen LogP contribution is 2.21. The Bertz CT molecular complexity index is 339. The number of benzene rings is 1. The molecule has 1 N–H and O–H groups in total. The number of nitrogens with zero attached hydrogens (tertiary/aromatic N) is 1. The van der Waals surface area contributed by atoms with Crippen molar-refractivity contribution in [1.29, 1.82) is 5.26 Å². The number of hydrogen-bond acceptors (Lipinski definition) is 3. The highest BCUT2D eigenvalue weighted by molar-refractivity contribution is 5.32. The molecule has 0 aromatic heterocycles. The Morgan fingerprint density at radius 3 is 2.69 bits per heavy atom. The van der Waals surface area contributed by atoms with Crippen molar-refractivity contribution in [2.45, 2.75) is 19.4 Å². The molecular formula is C10H11NO2. The Balaban J connectivity index is 2.82. The first-order chi connectivity index (χ1) is 6.03. The molecule has 68 valence electrons. The number of aromatic hydroxyl groups is 1. The van der Waals surface area contributed by atoms with Crippen LogP contribution in [0.5, 0.6) is 11.5 Å². The molecule has 0 bridgehead atoms. The first kappa shape index (κ1) is 9.40. The molecule has 0 atom stereocenters. The Morgan fingerprint density at radius 1 is 1.46 bits per heavy atom. The summed E-state index contributed by atoms with van der Waals surface area (Å²) in [4.78, 5) is 0. The van der Waals surface area contributed by atoms with Gasteiger partial charge in [-0.3, -0.25) is 0 Å². The Morgan fingerprint density at radius 2 is 2.15 bits per heavy atom. The number of hydrogen-bond donors (Lipinski definition) is 1. The smallest absolute Gasteiger partial charge is 0.188 e. The van der Waals surface area contributed by atoms with Gasteiger partial charge in [-0.2, -0.15) is 5.26 Å². The molecule has 0 heterocycles. The molecule has 1 aromatic carbocycles. The van der Waals surface area contributed by atoms with Gasteiger partial charge in [0, 0.05) is 6.07 Å². The lowest BCUT2D eigenvalue weighted by molar-refractivity contribution is 0.169. The molecule has 0 saturated heterocycles. The van der Waals surface area contributed by atoms with Crippen LogP contribution >= 0.6 is 0 Å². The molecule has 0 spiro atoms. The van der Waals surface area contributed by atoms with Crippen molar-refractivity contribution in [3.05, 3.63) is 24.3 Å². The summed E-state index contributed by atoms with van der Waals surface area (Å²) in [7, 11) is 0. The molecule has 1 rings (SSSR count). The van der Waals surface area contributed by atoms with E-state index < -0.39 is 5.60 Å². The zero-order chi connectivity index (χ0) is 9.90. The van der Waals surface area contributed by atoms with Gasteiger partial charge in [-0.1, -0.05) is 6.07 Å². The maximum absolute atomic E-state index is 9.12. The van der Waals surface area contributed by atoms with E-state index in [1.54, 1.807) is 32.0 Å². The number of nitriles is 1. The Labute approximate surface area is 77.2 Å². The van der Waals surface area contributed by atoms with Crippen LogP contribution in [0, 0.1) is 11.3 Å². The van der Waals surface area contributed by atoms with Gasteiger partial charge in [-0.15, -0.1) is 0 Å². The number of phenols is 1. The van der Waals surface area contributed by atoms with E-state index in [0.717, 1.165) is 0 Å². The van der Waals surface area contributed by atoms with Gasteiger partial charge >= 0.3 is 0 Å². The van der Waals surface area contributed by atoms with Crippen LogP contribution in [0.4, 0.5) is 0 Å². The van der Waals surface area contributed by atoms with E-state index in [1.807, 2.05) is 6.07 Å². The molecule has 0 amide bonds. The zero-order valence-electron chi connectivity index (χ0n) is 7.61. The van der Waals surface area contributed by atoms with Gasteiger partial charge in [-0.25, -0.2) is 0 Å². The van der Waals surface area contributed by atoms with Crippen LogP contribution in [0.25, 0.3) is 0 Å². The lowest BCUT2D eigenvalue weighted by Gasteiger charge is -2.17. The van der Waals surface area contributed by atoms with E-state index in [-0.39, 0.29) is 5.75 Å². The fraction of sp³-hybridized carbons (Fsp3) is 0.300. The quantitative estimate of drug-likeness (QED) is 0.752. The summed E-state index contributed by atoms with van der Waals surface area (Å²) in [5.74, 6) is 0.623. The lowest BCUT2D eigenvalue weighted by atomic mass is 10.2. The van der Waals surface area contributed by atoms with Crippen LogP contribution in [0.1, 0.15) is 13.8 Å². The summed E-state index contributed by atoms with van der Waals surface area (Å²) < 4.78 is 5.31. The monoisotopic (exact) mass is 177 g/mol. The summed E-state index contributed by atoms with van der Waals surface area (Å²) in [5.41, 5.74) is -0.867. The lowest BCUT2D eigenvalue weighted by Crippen LogP contribution is -2.25. The van der Waals surface area contributed by atoms with Crippen LogP contribution < -0.4 is 4.74 Å². The molecule has 1 aromatic rings. The van der Waals surface area contributed by atoms with Crippen molar-refractivity contribution >= 4 is 0 Å². The average molecular weight is 177 g/mol. The van der Waals surface area contributed by atoms with Crippen molar-refractivity contribution in [1.82, 2.24) is 0 Å². The summed E-state index contributed by atoms with van der Waals surface area (Å²) in [5, 5.41) is 17.8. The number of rotatable bonds is 2. The largest absolute Gasteiger partial charge is 0.508 e. The fourth-order valence-electron chi connectivity index (χ4n) is 0.864. The van der Waals surface area contributed by atoms with Crippen molar-refractivity contribution < 1.29 is 9.84 Å². The predicted molar refractivity (Wildman–Crippen MR) is 48.4 cm³/mol. The third-order valence-electron chi connectivity index (χ3n) is 1.46. The molecule has 0 aliphatic rings. The van der Waals surface area contributed by atoms with E-state index >= 15 is 0 Å². The molecule has 0 radical (unpaired) electrons. The fourth-order valence-corrected chi connectivity index (χ4v) is 0.864. The van der Waals surface area contributed by atoms with Gasteiger partial charge in [-0.05, 0) is 26.0 Å².